The summed E-state index contributed by atoms with van der Waals surface area (Å²) in [7, 11) is 0. The van der Waals surface area contributed by atoms with Crippen LogP contribution in [0.5, 0.6) is 5.75 Å². The summed E-state index contributed by atoms with van der Waals surface area (Å²) in [6.07, 6.45) is 9.06. The van der Waals surface area contributed by atoms with Gasteiger partial charge in [-0.1, -0.05) is 67.9 Å². The van der Waals surface area contributed by atoms with E-state index in [0.717, 1.165) is 44.4 Å². The molecule has 0 bridgehead atoms. The normalized spacial score (nSPS) is 11.1. The van der Waals surface area contributed by atoms with Gasteiger partial charge in [-0.3, -0.25) is 4.68 Å². The molecule has 0 saturated carbocycles. The highest BCUT2D eigenvalue weighted by Crippen LogP contribution is 2.24. The van der Waals surface area contributed by atoms with Crippen molar-refractivity contribution in [1.29, 1.82) is 0 Å². The molecule has 0 aliphatic rings. The maximum atomic E-state index is 6.28. The third-order valence-corrected chi connectivity index (χ3v) is 5.52. The zero-order chi connectivity index (χ0) is 20.6. The van der Waals surface area contributed by atoms with Crippen molar-refractivity contribution in [3.05, 3.63) is 95.8 Å². The van der Waals surface area contributed by atoms with E-state index in [4.69, 9.17) is 4.74 Å². The monoisotopic (exact) mass is 398 g/mol. The molecule has 0 N–H and O–H groups in total. The molecule has 0 amide bonds. The van der Waals surface area contributed by atoms with Gasteiger partial charge in [0.05, 0.1) is 6.61 Å². The molecule has 4 aromatic rings. The van der Waals surface area contributed by atoms with E-state index < -0.39 is 0 Å². The SMILES string of the molecule is CCCc1ccc(CCCn2cccn2)cc1OCCc1ccc2ccccc2c1. The summed E-state index contributed by atoms with van der Waals surface area (Å²) in [5.74, 6) is 1.05. The number of benzene rings is 3. The van der Waals surface area contributed by atoms with Gasteiger partial charge in [-0.2, -0.15) is 5.10 Å². The fourth-order valence-corrected chi connectivity index (χ4v) is 3.92. The molecule has 3 aromatic carbocycles. The quantitative estimate of drug-likeness (QED) is 0.316. The van der Waals surface area contributed by atoms with E-state index in [2.05, 4.69) is 72.7 Å². The molecule has 0 aliphatic heterocycles. The molecule has 3 nitrogen and oxygen atoms in total. The van der Waals surface area contributed by atoms with Gasteiger partial charge in [-0.15, -0.1) is 0 Å². The van der Waals surface area contributed by atoms with Gasteiger partial charge in [0.15, 0.2) is 0 Å². The van der Waals surface area contributed by atoms with Gasteiger partial charge < -0.3 is 4.74 Å². The Morgan fingerprint density at radius 3 is 2.50 bits per heavy atom. The van der Waals surface area contributed by atoms with E-state index in [1.54, 1.807) is 0 Å². The number of nitrogens with zero attached hydrogens (tertiary/aromatic N) is 2. The van der Waals surface area contributed by atoms with E-state index in [-0.39, 0.29) is 0 Å². The second-order valence-electron chi connectivity index (χ2n) is 7.84. The van der Waals surface area contributed by atoms with Crippen molar-refractivity contribution in [2.75, 3.05) is 6.61 Å². The van der Waals surface area contributed by atoms with Crippen molar-refractivity contribution < 1.29 is 4.74 Å². The van der Waals surface area contributed by atoms with Gasteiger partial charge in [0, 0.05) is 25.4 Å². The summed E-state index contributed by atoms with van der Waals surface area (Å²) < 4.78 is 8.27. The van der Waals surface area contributed by atoms with Crippen LogP contribution in [0.4, 0.5) is 0 Å². The molecule has 0 aliphatic carbocycles. The van der Waals surface area contributed by atoms with Crippen molar-refractivity contribution in [2.24, 2.45) is 0 Å². The summed E-state index contributed by atoms with van der Waals surface area (Å²) in [5, 5.41) is 6.86. The Kier molecular flexibility index (Phi) is 6.81. The van der Waals surface area contributed by atoms with Gasteiger partial charge in [0.25, 0.3) is 0 Å². The Hall–Kier alpha value is -3.07. The molecular weight excluding hydrogens is 368 g/mol. The molecule has 30 heavy (non-hydrogen) atoms. The maximum absolute atomic E-state index is 6.28. The lowest BCUT2D eigenvalue weighted by Crippen LogP contribution is -2.05. The molecule has 0 saturated heterocycles. The van der Waals surface area contributed by atoms with Crippen molar-refractivity contribution >= 4 is 10.8 Å². The molecule has 154 valence electrons. The minimum absolute atomic E-state index is 0.700. The Bertz CT molecular complexity index is 1070. The third-order valence-electron chi connectivity index (χ3n) is 5.52. The lowest BCUT2D eigenvalue weighted by molar-refractivity contribution is 0.318. The molecule has 1 aromatic heterocycles. The molecule has 3 heteroatoms. The van der Waals surface area contributed by atoms with Gasteiger partial charge in [-0.25, -0.2) is 0 Å². The topological polar surface area (TPSA) is 27.1 Å². The van der Waals surface area contributed by atoms with Crippen molar-refractivity contribution in [3.63, 3.8) is 0 Å². The number of rotatable bonds is 10. The Morgan fingerprint density at radius 1 is 0.833 bits per heavy atom. The Labute approximate surface area is 179 Å². The van der Waals surface area contributed by atoms with Gasteiger partial charge in [0.1, 0.15) is 5.75 Å². The summed E-state index contributed by atoms with van der Waals surface area (Å²) >= 11 is 0. The summed E-state index contributed by atoms with van der Waals surface area (Å²) in [5.41, 5.74) is 3.97. The zero-order valence-corrected chi connectivity index (χ0v) is 17.8. The highest BCUT2D eigenvalue weighted by molar-refractivity contribution is 5.82. The second kappa shape index (κ2) is 10.1. The molecule has 0 radical (unpaired) electrons. The van der Waals surface area contributed by atoms with Crippen molar-refractivity contribution in [1.82, 2.24) is 9.78 Å². The standard InChI is InChI=1S/C27H30N2O/c1-2-7-25-14-12-22(8-5-17-29-18-6-16-28-29)21-27(25)30-19-15-23-11-13-24-9-3-4-10-26(24)20-23/h3-4,6,9-14,16,18,20-21H,2,5,7-8,15,17,19H2,1H3. The first-order chi connectivity index (χ1) is 14.8. The summed E-state index contributed by atoms with van der Waals surface area (Å²) in [6.45, 7) is 3.87. The van der Waals surface area contributed by atoms with Crippen LogP contribution in [-0.4, -0.2) is 16.4 Å². The number of aryl methyl sites for hydroxylation is 3. The number of hydrogen-bond donors (Lipinski definition) is 0. The molecule has 0 atom stereocenters. The van der Waals surface area contributed by atoms with Crippen molar-refractivity contribution in [2.45, 2.75) is 45.6 Å². The Morgan fingerprint density at radius 2 is 1.67 bits per heavy atom. The minimum atomic E-state index is 0.700. The number of aromatic nitrogens is 2. The average Bonchev–Trinajstić information content (AvgIpc) is 3.29. The van der Waals surface area contributed by atoms with Crippen LogP contribution < -0.4 is 4.74 Å². The highest BCUT2D eigenvalue weighted by atomic mass is 16.5. The zero-order valence-electron chi connectivity index (χ0n) is 17.8. The third kappa shape index (κ3) is 5.29. The van der Waals surface area contributed by atoms with E-state index in [0.29, 0.717) is 6.61 Å². The van der Waals surface area contributed by atoms with Gasteiger partial charge in [0.2, 0.25) is 0 Å². The van der Waals surface area contributed by atoms with E-state index in [9.17, 15) is 0 Å². The first kappa shape index (κ1) is 20.2. The summed E-state index contributed by atoms with van der Waals surface area (Å²) in [4.78, 5) is 0. The van der Waals surface area contributed by atoms with Crippen molar-refractivity contribution in [3.8, 4) is 5.75 Å². The fourth-order valence-electron chi connectivity index (χ4n) is 3.92. The highest BCUT2D eigenvalue weighted by Gasteiger charge is 2.06. The second-order valence-corrected chi connectivity index (χ2v) is 7.84. The van der Waals surface area contributed by atoms with Gasteiger partial charge >= 0.3 is 0 Å². The smallest absolute Gasteiger partial charge is 0.122 e. The largest absolute Gasteiger partial charge is 0.493 e. The first-order valence-corrected chi connectivity index (χ1v) is 11.0. The lowest BCUT2D eigenvalue weighted by Gasteiger charge is -2.14. The predicted molar refractivity (Wildman–Crippen MR) is 124 cm³/mol. The number of hydrogen-bond acceptors (Lipinski definition) is 2. The van der Waals surface area contributed by atoms with Crippen LogP contribution in [-0.2, 0) is 25.8 Å². The first-order valence-electron chi connectivity index (χ1n) is 11.0. The van der Waals surface area contributed by atoms with Crippen LogP contribution in [0.15, 0.2) is 79.1 Å². The fraction of sp³-hybridized carbons (Fsp3) is 0.296. The number of fused-ring (bicyclic) bond motifs is 1. The van der Waals surface area contributed by atoms with Crippen LogP contribution in [0.3, 0.4) is 0 Å². The maximum Gasteiger partial charge on any atom is 0.122 e. The Balaban J connectivity index is 1.37. The molecule has 0 fully saturated rings. The predicted octanol–water partition coefficient (Wildman–Crippen LogP) is 6.24. The van der Waals surface area contributed by atoms with Crippen LogP contribution in [0.1, 0.15) is 36.5 Å². The molecule has 0 spiro atoms. The van der Waals surface area contributed by atoms with Crippen LogP contribution >= 0.6 is 0 Å². The molecule has 1 heterocycles. The molecular formula is C27H30N2O. The molecule has 4 rings (SSSR count). The minimum Gasteiger partial charge on any atom is -0.493 e. The number of ether oxygens (including phenoxy) is 1. The molecule has 0 unspecified atom stereocenters. The summed E-state index contributed by atoms with van der Waals surface area (Å²) in [6, 6.07) is 23.9. The van der Waals surface area contributed by atoms with Crippen LogP contribution in [0, 0.1) is 0 Å². The van der Waals surface area contributed by atoms with Gasteiger partial charge in [-0.05, 0) is 58.9 Å². The van der Waals surface area contributed by atoms with Crippen LogP contribution in [0.2, 0.25) is 0 Å². The average molecular weight is 399 g/mol. The van der Waals surface area contributed by atoms with E-state index in [1.807, 2.05) is 23.1 Å². The van der Waals surface area contributed by atoms with E-state index in [1.165, 1.54) is 27.5 Å². The van der Waals surface area contributed by atoms with Crippen LogP contribution in [0.25, 0.3) is 10.8 Å². The van der Waals surface area contributed by atoms with E-state index >= 15 is 0 Å². The lowest BCUT2D eigenvalue weighted by atomic mass is 10.0.